The second-order valence-electron chi connectivity index (χ2n) is 4.64. The minimum atomic E-state index is 0.451. The average Bonchev–Trinajstić information content (AvgIpc) is 3.28. The molecule has 7 heteroatoms. The van der Waals surface area contributed by atoms with Gasteiger partial charge in [-0.2, -0.15) is 0 Å². The van der Waals surface area contributed by atoms with Crippen LogP contribution < -0.4 is 16.6 Å². The molecule has 1 aromatic carbocycles. The number of halogens is 2. The highest BCUT2D eigenvalue weighted by Crippen LogP contribution is 2.39. The predicted molar refractivity (Wildman–Crippen MR) is 84.3 cm³/mol. The first-order chi connectivity index (χ1) is 9.67. The zero-order valence-electron chi connectivity index (χ0n) is 10.5. The molecule has 1 aliphatic carbocycles. The van der Waals surface area contributed by atoms with Crippen molar-refractivity contribution >= 4 is 44.9 Å². The topological polar surface area (TPSA) is 75.9 Å². The molecule has 0 bridgehead atoms. The number of anilines is 3. The van der Waals surface area contributed by atoms with Gasteiger partial charge in [0.05, 0.1) is 15.2 Å². The Morgan fingerprint density at radius 1 is 1.25 bits per heavy atom. The minimum Gasteiger partial charge on any atom is -0.339 e. The van der Waals surface area contributed by atoms with E-state index in [1.165, 1.54) is 0 Å². The number of aromatic nitrogens is 2. The Balaban J connectivity index is 1.93. The molecule has 1 aliphatic rings. The van der Waals surface area contributed by atoms with Crippen molar-refractivity contribution in [2.45, 2.75) is 18.8 Å². The summed E-state index contributed by atoms with van der Waals surface area (Å²) >= 11 is 9.53. The van der Waals surface area contributed by atoms with Crippen LogP contribution in [0.2, 0.25) is 5.02 Å². The lowest BCUT2D eigenvalue weighted by Gasteiger charge is -2.11. The summed E-state index contributed by atoms with van der Waals surface area (Å²) in [7, 11) is 0. The number of benzene rings is 1. The van der Waals surface area contributed by atoms with Crippen molar-refractivity contribution in [3.05, 3.63) is 39.6 Å². The van der Waals surface area contributed by atoms with Gasteiger partial charge < -0.3 is 10.7 Å². The summed E-state index contributed by atoms with van der Waals surface area (Å²) < 4.78 is 0.801. The lowest BCUT2D eigenvalue weighted by atomic mass is 10.3. The Kier molecular flexibility index (Phi) is 3.78. The van der Waals surface area contributed by atoms with E-state index in [4.69, 9.17) is 17.4 Å². The van der Waals surface area contributed by atoms with E-state index in [1.54, 1.807) is 6.07 Å². The van der Waals surface area contributed by atoms with E-state index < -0.39 is 0 Å². The Morgan fingerprint density at radius 2 is 2.00 bits per heavy atom. The lowest BCUT2D eigenvalue weighted by molar-refractivity contribution is 0.929. The molecule has 0 saturated heterocycles. The molecule has 1 heterocycles. The van der Waals surface area contributed by atoms with E-state index in [2.05, 4.69) is 36.6 Å². The summed E-state index contributed by atoms with van der Waals surface area (Å²) in [5.74, 6) is 8.02. The zero-order valence-corrected chi connectivity index (χ0v) is 12.9. The number of rotatable bonds is 4. The third-order valence-corrected chi connectivity index (χ3v) is 4.45. The fourth-order valence-electron chi connectivity index (χ4n) is 1.87. The van der Waals surface area contributed by atoms with Crippen molar-refractivity contribution < 1.29 is 0 Å². The van der Waals surface area contributed by atoms with Gasteiger partial charge in [0.2, 0.25) is 0 Å². The van der Waals surface area contributed by atoms with Crippen molar-refractivity contribution in [2.24, 2.45) is 5.84 Å². The zero-order chi connectivity index (χ0) is 14.1. The maximum absolute atomic E-state index is 6.08. The van der Waals surface area contributed by atoms with E-state index in [9.17, 15) is 0 Å². The van der Waals surface area contributed by atoms with Crippen molar-refractivity contribution in [3.63, 3.8) is 0 Å². The molecular weight excluding hydrogens is 342 g/mol. The number of nitrogens with two attached hydrogens (primary N) is 1. The van der Waals surface area contributed by atoms with Crippen LogP contribution >= 0.6 is 27.5 Å². The third kappa shape index (κ3) is 2.87. The molecule has 0 atom stereocenters. The molecular formula is C13H13BrClN5. The molecule has 0 spiro atoms. The van der Waals surface area contributed by atoms with Crippen LogP contribution in [0.25, 0.3) is 0 Å². The summed E-state index contributed by atoms with van der Waals surface area (Å²) in [5, 5.41) is 3.88. The van der Waals surface area contributed by atoms with Gasteiger partial charge in [-0.25, -0.2) is 15.8 Å². The predicted octanol–water partition coefficient (Wildman–Crippen LogP) is 3.80. The highest BCUT2D eigenvalue weighted by Gasteiger charge is 2.27. The van der Waals surface area contributed by atoms with Gasteiger partial charge in [-0.15, -0.1) is 0 Å². The summed E-state index contributed by atoms with van der Waals surface area (Å²) in [6.45, 7) is 0. The number of hydrogen-bond donors (Lipinski definition) is 3. The summed E-state index contributed by atoms with van der Waals surface area (Å²) in [6, 6.07) is 7.38. The van der Waals surface area contributed by atoms with Crippen molar-refractivity contribution in [2.75, 3.05) is 10.7 Å². The molecule has 104 valence electrons. The molecule has 0 amide bonds. The summed E-state index contributed by atoms with van der Waals surface area (Å²) in [4.78, 5) is 8.90. The van der Waals surface area contributed by atoms with Gasteiger partial charge in [0.15, 0.2) is 0 Å². The Bertz CT molecular complexity index is 645. The largest absolute Gasteiger partial charge is 0.339 e. The molecule has 2 aromatic rings. The Morgan fingerprint density at radius 3 is 2.70 bits per heavy atom. The van der Waals surface area contributed by atoms with Gasteiger partial charge >= 0.3 is 0 Å². The van der Waals surface area contributed by atoms with Gasteiger partial charge in [-0.1, -0.05) is 17.7 Å². The lowest BCUT2D eigenvalue weighted by Crippen LogP contribution is -2.11. The van der Waals surface area contributed by atoms with Crippen molar-refractivity contribution in [1.29, 1.82) is 0 Å². The van der Waals surface area contributed by atoms with Gasteiger partial charge in [-0.3, -0.25) is 0 Å². The fourth-order valence-corrected chi connectivity index (χ4v) is 2.40. The molecule has 4 N–H and O–H groups in total. The van der Waals surface area contributed by atoms with E-state index in [0.717, 1.165) is 28.8 Å². The van der Waals surface area contributed by atoms with Crippen LogP contribution in [0.4, 0.5) is 17.3 Å². The van der Waals surface area contributed by atoms with Crippen LogP contribution in [0, 0.1) is 0 Å². The molecule has 20 heavy (non-hydrogen) atoms. The first-order valence-electron chi connectivity index (χ1n) is 6.24. The average molecular weight is 355 g/mol. The van der Waals surface area contributed by atoms with Crippen molar-refractivity contribution in [1.82, 2.24) is 9.97 Å². The molecule has 0 radical (unpaired) electrons. The number of nitrogen functional groups attached to an aromatic ring is 1. The van der Waals surface area contributed by atoms with E-state index in [1.807, 2.05) is 18.2 Å². The number of hydrazine groups is 1. The second kappa shape index (κ2) is 5.55. The molecule has 0 unspecified atom stereocenters. The summed E-state index contributed by atoms with van der Waals surface area (Å²) in [5.41, 5.74) is 3.42. The second-order valence-corrected chi connectivity index (χ2v) is 5.84. The minimum absolute atomic E-state index is 0.451. The molecule has 1 aromatic heterocycles. The number of nitrogens with zero attached hydrogens (tertiary/aromatic N) is 2. The normalized spacial score (nSPS) is 14.2. The van der Waals surface area contributed by atoms with Crippen LogP contribution in [0.5, 0.6) is 0 Å². The number of hydrogen-bond acceptors (Lipinski definition) is 5. The monoisotopic (exact) mass is 353 g/mol. The van der Waals surface area contributed by atoms with Gasteiger partial charge in [-0.05, 0) is 40.9 Å². The van der Waals surface area contributed by atoms with Crippen molar-refractivity contribution in [3.8, 4) is 0 Å². The van der Waals surface area contributed by atoms with E-state index >= 15 is 0 Å². The molecule has 1 fully saturated rings. The Hall–Kier alpha value is -1.37. The fraction of sp³-hybridized carbons (Fsp3) is 0.231. The highest BCUT2D eigenvalue weighted by molar-refractivity contribution is 9.10. The van der Waals surface area contributed by atoms with Crippen LogP contribution in [0.3, 0.4) is 0 Å². The van der Waals surface area contributed by atoms with Crippen LogP contribution in [0.1, 0.15) is 24.6 Å². The third-order valence-electron chi connectivity index (χ3n) is 3.05. The van der Waals surface area contributed by atoms with E-state index in [0.29, 0.717) is 22.6 Å². The first kappa shape index (κ1) is 13.6. The number of nitrogens with one attached hydrogen (secondary N) is 2. The van der Waals surface area contributed by atoms with Gasteiger partial charge in [0, 0.05) is 12.0 Å². The quantitative estimate of drug-likeness (QED) is 0.575. The van der Waals surface area contributed by atoms with Crippen LogP contribution in [0.15, 0.2) is 28.7 Å². The molecule has 5 nitrogen and oxygen atoms in total. The van der Waals surface area contributed by atoms with Gasteiger partial charge in [0.1, 0.15) is 17.5 Å². The van der Waals surface area contributed by atoms with Crippen LogP contribution in [-0.2, 0) is 0 Å². The maximum Gasteiger partial charge on any atom is 0.145 e. The Labute approximate surface area is 130 Å². The van der Waals surface area contributed by atoms with Crippen LogP contribution in [-0.4, -0.2) is 9.97 Å². The summed E-state index contributed by atoms with van der Waals surface area (Å²) in [6.07, 6.45) is 2.27. The molecule has 3 rings (SSSR count). The van der Waals surface area contributed by atoms with Gasteiger partial charge in [0.25, 0.3) is 0 Å². The first-order valence-corrected chi connectivity index (χ1v) is 7.41. The molecule has 1 saturated carbocycles. The standard InChI is InChI=1S/C13H13BrClN5/c14-12-8(15)2-1-3-9(12)17-10-6-11(20-16)19-13(18-10)7-4-5-7/h1-3,6-7H,4-5,16H2,(H2,17,18,19,20). The molecule has 0 aliphatic heterocycles. The smallest absolute Gasteiger partial charge is 0.145 e. The maximum atomic E-state index is 6.08. The van der Waals surface area contributed by atoms with E-state index in [-0.39, 0.29) is 0 Å². The SMILES string of the molecule is NNc1cc(Nc2cccc(Cl)c2Br)nc(C2CC2)n1. The highest BCUT2D eigenvalue weighted by atomic mass is 79.9.